The van der Waals surface area contributed by atoms with Gasteiger partial charge in [-0.2, -0.15) is 0 Å². The summed E-state index contributed by atoms with van der Waals surface area (Å²) in [5, 5.41) is 1.27. The van der Waals surface area contributed by atoms with Crippen LogP contribution in [-0.2, 0) is 0 Å². The molecule has 0 aliphatic heterocycles. The zero-order valence-electron chi connectivity index (χ0n) is 8.21. The molecule has 4 aliphatic carbocycles. The summed E-state index contributed by atoms with van der Waals surface area (Å²) in [5.74, 6) is 5.49. The zero-order valence-corrected chi connectivity index (χ0v) is 9.80. The predicted octanol–water partition coefficient (Wildman–Crippen LogP) is 3.84. The molecule has 0 amide bonds. The Kier molecular flexibility index (Phi) is 2.19. The summed E-state index contributed by atoms with van der Waals surface area (Å²) in [5.41, 5.74) is 0. The lowest BCUT2D eigenvalue weighted by Gasteiger charge is -2.38. The first-order valence-electron chi connectivity index (χ1n) is 5.91. The first-order chi connectivity index (χ1) is 6.35. The van der Waals surface area contributed by atoms with E-state index in [1.54, 1.807) is 38.5 Å². The first kappa shape index (κ1) is 8.76. The highest BCUT2D eigenvalue weighted by atomic mass is 79.9. The highest BCUT2D eigenvalue weighted by Gasteiger charge is 2.42. The Balaban J connectivity index is 1.86. The minimum absolute atomic E-state index is 1.03. The molecule has 1 heteroatoms. The molecule has 74 valence electrons. The number of hydrogen-bond acceptors (Lipinski definition) is 0. The third-order valence-electron chi connectivity index (χ3n) is 4.77. The Morgan fingerprint density at radius 1 is 0.769 bits per heavy atom. The van der Waals surface area contributed by atoms with Gasteiger partial charge in [0.05, 0.1) is 0 Å². The summed E-state index contributed by atoms with van der Waals surface area (Å²) in [4.78, 5) is 0. The van der Waals surface area contributed by atoms with Gasteiger partial charge >= 0.3 is 0 Å². The van der Waals surface area contributed by atoms with Crippen LogP contribution in [0.25, 0.3) is 0 Å². The lowest BCUT2D eigenvalue weighted by atomic mass is 9.67. The SMILES string of the molecule is BrCC1CC2CC3CC(C2)CC1C3. The van der Waals surface area contributed by atoms with Gasteiger partial charge in [-0.05, 0) is 68.1 Å². The van der Waals surface area contributed by atoms with Crippen LogP contribution in [0.3, 0.4) is 0 Å². The van der Waals surface area contributed by atoms with Crippen molar-refractivity contribution in [2.45, 2.75) is 38.5 Å². The van der Waals surface area contributed by atoms with E-state index in [-0.39, 0.29) is 0 Å². The van der Waals surface area contributed by atoms with Crippen LogP contribution in [-0.4, -0.2) is 5.33 Å². The van der Waals surface area contributed by atoms with E-state index in [0.717, 1.165) is 29.6 Å². The molecule has 0 aromatic heterocycles. The van der Waals surface area contributed by atoms with Crippen molar-refractivity contribution in [3.63, 3.8) is 0 Å². The molecule has 0 radical (unpaired) electrons. The summed E-state index contributed by atoms with van der Waals surface area (Å²) in [6, 6.07) is 0. The van der Waals surface area contributed by atoms with Crippen LogP contribution in [0.4, 0.5) is 0 Å². The van der Waals surface area contributed by atoms with Crippen molar-refractivity contribution in [1.82, 2.24) is 0 Å². The molecule has 0 nitrogen and oxygen atoms in total. The van der Waals surface area contributed by atoms with Gasteiger partial charge in [0, 0.05) is 5.33 Å². The van der Waals surface area contributed by atoms with Gasteiger partial charge in [0.25, 0.3) is 0 Å². The second-order valence-corrected chi connectivity index (χ2v) is 6.33. The monoisotopic (exact) mass is 242 g/mol. The number of hydrogen-bond donors (Lipinski definition) is 0. The maximum Gasteiger partial charge on any atom is 0.00624 e. The molecule has 4 aliphatic rings. The summed E-state index contributed by atoms with van der Waals surface area (Å²) < 4.78 is 0. The van der Waals surface area contributed by atoms with Crippen LogP contribution in [0.1, 0.15) is 38.5 Å². The Morgan fingerprint density at radius 3 is 1.85 bits per heavy atom. The van der Waals surface area contributed by atoms with Crippen molar-refractivity contribution in [2.24, 2.45) is 29.6 Å². The molecule has 0 saturated heterocycles. The van der Waals surface area contributed by atoms with Gasteiger partial charge in [-0.15, -0.1) is 0 Å². The van der Waals surface area contributed by atoms with E-state index >= 15 is 0 Å². The zero-order chi connectivity index (χ0) is 8.84. The highest BCUT2D eigenvalue weighted by Crippen LogP contribution is 2.53. The summed E-state index contributed by atoms with van der Waals surface area (Å²) in [7, 11) is 0. The Morgan fingerprint density at radius 2 is 1.31 bits per heavy atom. The molecule has 4 fully saturated rings. The fourth-order valence-electron chi connectivity index (χ4n) is 4.43. The average molecular weight is 243 g/mol. The standard InChI is InChI=1S/C12H19Br/c13-7-12-6-10-2-8-1-9(3-10)5-11(12)4-8/h8-12H,1-7H2. The summed E-state index contributed by atoms with van der Waals surface area (Å²) >= 11 is 3.72. The average Bonchev–Trinajstić information content (AvgIpc) is 2.29. The lowest BCUT2D eigenvalue weighted by Crippen LogP contribution is -2.28. The lowest BCUT2D eigenvalue weighted by molar-refractivity contribution is 0.128. The smallest absolute Gasteiger partial charge is 0.00624 e. The highest BCUT2D eigenvalue weighted by molar-refractivity contribution is 9.09. The molecule has 0 spiro atoms. The second-order valence-electron chi connectivity index (χ2n) is 5.69. The maximum absolute atomic E-state index is 3.72. The number of halogens is 1. The molecule has 0 N–H and O–H groups in total. The fraction of sp³-hybridized carbons (Fsp3) is 1.00. The molecule has 13 heavy (non-hydrogen) atoms. The quantitative estimate of drug-likeness (QED) is 0.614. The Hall–Kier alpha value is 0.480. The van der Waals surface area contributed by atoms with Gasteiger partial charge < -0.3 is 0 Å². The molecular weight excluding hydrogens is 224 g/mol. The van der Waals surface area contributed by atoms with Crippen molar-refractivity contribution in [3.8, 4) is 0 Å². The third kappa shape index (κ3) is 1.48. The van der Waals surface area contributed by atoms with E-state index < -0.39 is 0 Å². The van der Waals surface area contributed by atoms with E-state index in [0.29, 0.717) is 0 Å². The van der Waals surface area contributed by atoms with Crippen LogP contribution >= 0.6 is 15.9 Å². The fourth-order valence-corrected chi connectivity index (χ4v) is 5.22. The molecule has 0 aromatic carbocycles. The second kappa shape index (κ2) is 3.25. The van der Waals surface area contributed by atoms with Crippen molar-refractivity contribution in [3.05, 3.63) is 0 Å². The number of fused-ring (bicyclic) bond motifs is 1. The van der Waals surface area contributed by atoms with Gasteiger partial charge in [0.2, 0.25) is 0 Å². The van der Waals surface area contributed by atoms with Gasteiger partial charge in [0.15, 0.2) is 0 Å². The summed E-state index contributed by atoms with van der Waals surface area (Å²) in [6.07, 6.45) is 9.43. The van der Waals surface area contributed by atoms with Gasteiger partial charge in [0.1, 0.15) is 0 Å². The van der Waals surface area contributed by atoms with E-state index in [9.17, 15) is 0 Å². The van der Waals surface area contributed by atoms with E-state index in [4.69, 9.17) is 0 Å². The topological polar surface area (TPSA) is 0 Å². The normalized spacial score (nSPS) is 53.8. The minimum atomic E-state index is 1.03. The van der Waals surface area contributed by atoms with Crippen molar-refractivity contribution in [2.75, 3.05) is 5.33 Å². The largest absolute Gasteiger partial charge is 0.0925 e. The van der Waals surface area contributed by atoms with Crippen LogP contribution in [0, 0.1) is 29.6 Å². The Labute approximate surface area is 89.6 Å². The summed E-state index contributed by atoms with van der Waals surface area (Å²) in [6.45, 7) is 0. The molecule has 4 rings (SSSR count). The minimum Gasteiger partial charge on any atom is -0.0925 e. The third-order valence-corrected chi connectivity index (χ3v) is 5.60. The first-order valence-corrected chi connectivity index (χ1v) is 7.03. The van der Waals surface area contributed by atoms with Gasteiger partial charge in [-0.25, -0.2) is 0 Å². The van der Waals surface area contributed by atoms with Crippen LogP contribution in [0.2, 0.25) is 0 Å². The molecule has 0 heterocycles. The predicted molar refractivity (Wildman–Crippen MR) is 58.9 cm³/mol. The van der Waals surface area contributed by atoms with Crippen molar-refractivity contribution in [1.29, 1.82) is 0 Å². The molecule has 4 bridgehead atoms. The van der Waals surface area contributed by atoms with Crippen LogP contribution in [0.15, 0.2) is 0 Å². The van der Waals surface area contributed by atoms with Crippen LogP contribution in [0.5, 0.6) is 0 Å². The maximum atomic E-state index is 3.72. The van der Waals surface area contributed by atoms with Gasteiger partial charge in [-0.1, -0.05) is 15.9 Å². The van der Waals surface area contributed by atoms with E-state index in [2.05, 4.69) is 15.9 Å². The molecule has 3 atom stereocenters. The number of rotatable bonds is 1. The van der Waals surface area contributed by atoms with Crippen LogP contribution < -0.4 is 0 Å². The Bertz CT molecular complexity index is 187. The molecule has 0 aromatic rings. The molecular formula is C12H19Br. The van der Waals surface area contributed by atoms with E-state index in [1.165, 1.54) is 5.33 Å². The van der Waals surface area contributed by atoms with Crippen molar-refractivity contribution >= 4 is 15.9 Å². The van der Waals surface area contributed by atoms with Gasteiger partial charge in [-0.3, -0.25) is 0 Å². The number of alkyl halides is 1. The molecule has 4 saturated carbocycles. The molecule has 3 unspecified atom stereocenters. The van der Waals surface area contributed by atoms with Crippen molar-refractivity contribution < 1.29 is 0 Å². The van der Waals surface area contributed by atoms with E-state index in [1.807, 2.05) is 0 Å².